The second-order valence-electron chi connectivity index (χ2n) is 4.55. The van der Waals surface area contributed by atoms with Gasteiger partial charge in [-0.1, -0.05) is 23.2 Å². The standard InChI is InChI=1S/C11H12Cl2FNO/c1-15(16)3-2-11(14,7-15)8-4-9(12)6-10(13)5-8/h4-6H,2-3,7H2,1H3. The Balaban J connectivity index is 2.37. The first-order valence-electron chi connectivity index (χ1n) is 5.02. The van der Waals surface area contributed by atoms with Crippen LogP contribution in [0.2, 0.25) is 10.0 Å². The van der Waals surface area contributed by atoms with Gasteiger partial charge in [0, 0.05) is 16.5 Å². The molecular weight excluding hydrogens is 252 g/mol. The Morgan fingerprint density at radius 1 is 1.31 bits per heavy atom. The number of likely N-dealkylation sites (tertiary alicyclic amines) is 1. The van der Waals surface area contributed by atoms with Crippen molar-refractivity contribution < 1.29 is 9.04 Å². The number of halogens is 3. The lowest BCUT2D eigenvalue weighted by Crippen LogP contribution is -2.37. The monoisotopic (exact) mass is 263 g/mol. The molecule has 1 aliphatic rings. The molecule has 0 amide bonds. The largest absolute Gasteiger partial charge is 0.633 e. The number of hydrogen-bond donors (Lipinski definition) is 0. The minimum absolute atomic E-state index is 0.0797. The van der Waals surface area contributed by atoms with Crippen LogP contribution in [0.5, 0.6) is 0 Å². The average molecular weight is 264 g/mol. The highest BCUT2D eigenvalue weighted by molar-refractivity contribution is 6.34. The molecule has 1 aromatic carbocycles. The molecule has 0 aliphatic carbocycles. The SMILES string of the molecule is C[N+]1([O-])CCC(F)(c2cc(Cl)cc(Cl)c2)C1. The molecular formula is C11H12Cl2FNO. The zero-order valence-electron chi connectivity index (χ0n) is 8.84. The van der Waals surface area contributed by atoms with Gasteiger partial charge in [-0.2, -0.15) is 0 Å². The minimum atomic E-state index is -1.61. The van der Waals surface area contributed by atoms with Crippen LogP contribution in [0.3, 0.4) is 0 Å². The van der Waals surface area contributed by atoms with Crippen molar-refractivity contribution in [2.45, 2.75) is 12.1 Å². The van der Waals surface area contributed by atoms with Crippen LogP contribution in [-0.2, 0) is 5.67 Å². The molecule has 2 rings (SSSR count). The topological polar surface area (TPSA) is 23.1 Å². The number of alkyl halides is 1. The Morgan fingerprint density at radius 2 is 1.88 bits per heavy atom. The molecule has 1 fully saturated rings. The molecule has 16 heavy (non-hydrogen) atoms. The van der Waals surface area contributed by atoms with Gasteiger partial charge in [0.2, 0.25) is 0 Å². The van der Waals surface area contributed by atoms with E-state index in [0.29, 0.717) is 15.6 Å². The molecule has 1 saturated heterocycles. The first-order valence-corrected chi connectivity index (χ1v) is 5.77. The highest BCUT2D eigenvalue weighted by Gasteiger charge is 2.45. The normalized spacial score (nSPS) is 34.3. The van der Waals surface area contributed by atoms with Crippen molar-refractivity contribution in [2.24, 2.45) is 0 Å². The molecule has 5 heteroatoms. The molecule has 1 aliphatic heterocycles. The van der Waals surface area contributed by atoms with Gasteiger partial charge in [0.15, 0.2) is 5.67 Å². The second kappa shape index (κ2) is 3.84. The zero-order valence-corrected chi connectivity index (χ0v) is 10.4. The highest BCUT2D eigenvalue weighted by Crippen LogP contribution is 2.40. The summed E-state index contributed by atoms with van der Waals surface area (Å²) in [6.45, 7) is 0.199. The number of hydroxylamine groups is 3. The molecule has 0 saturated carbocycles. The van der Waals surface area contributed by atoms with Gasteiger partial charge in [-0.3, -0.25) is 0 Å². The minimum Gasteiger partial charge on any atom is -0.633 e. The third-order valence-electron chi connectivity index (χ3n) is 2.95. The highest BCUT2D eigenvalue weighted by atomic mass is 35.5. The van der Waals surface area contributed by atoms with Gasteiger partial charge in [-0.25, -0.2) is 4.39 Å². The molecule has 2 nitrogen and oxygen atoms in total. The van der Waals surface area contributed by atoms with Crippen molar-refractivity contribution in [3.05, 3.63) is 39.0 Å². The Bertz CT molecular complexity index is 404. The lowest BCUT2D eigenvalue weighted by molar-refractivity contribution is -0.850. The van der Waals surface area contributed by atoms with E-state index in [0.717, 1.165) is 0 Å². The predicted molar refractivity (Wildman–Crippen MR) is 63.2 cm³/mol. The summed E-state index contributed by atoms with van der Waals surface area (Å²) in [5, 5.41) is 12.5. The van der Waals surface area contributed by atoms with Crippen LogP contribution < -0.4 is 0 Å². The molecule has 1 heterocycles. The third-order valence-corrected chi connectivity index (χ3v) is 3.38. The third kappa shape index (κ3) is 2.33. The van der Waals surface area contributed by atoms with Crippen molar-refractivity contribution in [3.63, 3.8) is 0 Å². The Labute approximate surface area is 104 Å². The van der Waals surface area contributed by atoms with Gasteiger partial charge in [-0.15, -0.1) is 0 Å². The molecule has 0 aromatic heterocycles. The number of quaternary nitrogens is 1. The lowest BCUT2D eigenvalue weighted by atomic mass is 9.95. The van der Waals surface area contributed by atoms with E-state index in [1.54, 1.807) is 18.2 Å². The van der Waals surface area contributed by atoms with Crippen molar-refractivity contribution >= 4 is 23.2 Å². The number of nitrogens with zero attached hydrogens (tertiary/aromatic N) is 1. The number of likely N-dealkylation sites (N-methyl/N-ethyl adjacent to an activating group) is 1. The van der Waals surface area contributed by atoms with Crippen LogP contribution >= 0.6 is 23.2 Å². The van der Waals surface area contributed by atoms with E-state index in [4.69, 9.17) is 23.2 Å². The number of hydrogen-bond acceptors (Lipinski definition) is 1. The summed E-state index contributed by atoms with van der Waals surface area (Å²) in [7, 11) is 1.48. The first kappa shape index (κ1) is 12.1. The van der Waals surface area contributed by atoms with Gasteiger partial charge in [0.05, 0.1) is 13.6 Å². The predicted octanol–water partition coefficient (Wildman–Crippen LogP) is 3.51. The van der Waals surface area contributed by atoms with Gasteiger partial charge in [-0.05, 0) is 23.8 Å². The van der Waals surface area contributed by atoms with Gasteiger partial charge < -0.3 is 9.85 Å². The smallest absolute Gasteiger partial charge is 0.190 e. The average Bonchev–Trinajstić information content (AvgIpc) is 2.40. The van der Waals surface area contributed by atoms with E-state index in [1.165, 1.54) is 7.05 Å². The van der Waals surface area contributed by atoms with Crippen LogP contribution in [0.25, 0.3) is 0 Å². The van der Waals surface area contributed by atoms with Gasteiger partial charge in [0.1, 0.15) is 6.54 Å². The summed E-state index contributed by atoms with van der Waals surface area (Å²) in [4.78, 5) is 0. The fraction of sp³-hybridized carbons (Fsp3) is 0.455. The van der Waals surface area contributed by atoms with Crippen LogP contribution in [0.1, 0.15) is 12.0 Å². The Kier molecular flexibility index (Phi) is 2.91. The lowest BCUT2D eigenvalue weighted by Gasteiger charge is -2.34. The number of rotatable bonds is 1. The van der Waals surface area contributed by atoms with E-state index >= 15 is 0 Å². The maximum absolute atomic E-state index is 14.6. The van der Waals surface area contributed by atoms with E-state index < -0.39 is 10.3 Å². The molecule has 2 unspecified atom stereocenters. The van der Waals surface area contributed by atoms with Crippen molar-refractivity contribution in [1.82, 2.24) is 0 Å². The van der Waals surface area contributed by atoms with Crippen LogP contribution in [0, 0.1) is 5.21 Å². The molecule has 2 atom stereocenters. The maximum atomic E-state index is 14.6. The summed E-state index contributed by atoms with van der Waals surface area (Å²) in [6.07, 6.45) is 0.212. The quantitative estimate of drug-likeness (QED) is 0.562. The van der Waals surface area contributed by atoms with E-state index in [1.807, 2.05) is 0 Å². The van der Waals surface area contributed by atoms with Crippen LogP contribution in [0.15, 0.2) is 18.2 Å². The van der Waals surface area contributed by atoms with Crippen LogP contribution in [0.4, 0.5) is 4.39 Å². The summed E-state index contributed by atoms with van der Waals surface area (Å²) in [6, 6.07) is 4.63. The summed E-state index contributed by atoms with van der Waals surface area (Å²) < 4.78 is 14.0. The van der Waals surface area contributed by atoms with E-state index in [2.05, 4.69) is 0 Å². The van der Waals surface area contributed by atoms with E-state index in [-0.39, 0.29) is 19.5 Å². The molecule has 0 N–H and O–H groups in total. The summed E-state index contributed by atoms with van der Waals surface area (Å²) >= 11 is 11.7. The molecule has 1 aromatic rings. The molecule has 0 spiro atoms. The van der Waals surface area contributed by atoms with Gasteiger partial charge in [0.25, 0.3) is 0 Å². The second-order valence-corrected chi connectivity index (χ2v) is 5.42. The first-order chi connectivity index (χ1) is 7.31. The maximum Gasteiger partial charge on any atom is 0.190 e. The summed E-state index contributed by atoms with van der Waals surface area (Å²) in [5.74, 6) is 0. The van der Waals surface area contributed by atoms with Crippen molar-refractivity contribution in [3.8, 4) is 0 Å². The van der Waals surface area contributed by atoms with Crippen LogP contribution in [-0.4, -0.2) is 24.8 Å². The molecule has 0 radical (unpaired) electrons. The van der Waals surface area contributed by atoms with Crippen molar-refractivity contribution in [1.29, 1.82) is 0 Å². The Hall–Kier alpha value is -0.350. The fourth-order valence-corrected chi connectivity index (χ4v) is 2.68. The van der Waals surface area contributed by atoms with Gasteiger partial charge >= 0.3 is 0 Å². The molecule has 0 bridgehead atoms. The number of benzene rings is 1. The Morgan fingerprint density at radius 3 is 2.31 bits per heavy atom. The molecule has 88 valence electrons. The van der Waals surface area contributed by atoms with Crippen molar-refractivity contribution in [2.75, 3.05) is 20.1 Å². The zero-order chi connectivity index (χ0) is 12.0. The summed E-state index contributed by atoms with van der Waals surface area (Å²) in [5.41, 5.74) is -1.20. The van der Waals surface area contributed by atoms with E-state index in [9.17, 15) is 9.60 Å². The fourth-order valence-electron chi connectivity index (χ4n) is 2.15.